The highest BCUT2D eigenvalue weighted by molar-refractivity contribution is 5.79. The highest BCUT2D eigenvalue weighted by Crippen LogP contribution is 2.29. The van der Waals surface area contributed by atoms with Crippen LogP contribution in [0, 0.1) is 6.92 Å². The van der Waals surface area contributed by atoms with E-state index in [2.05, 4.69) is 0 Å². The van der Waals surface area contributed by atoms with Gasteiger partial charge in [0.1, 0.15) is 11.9 Å². The molecule has 5 nitrogen and oxygen atoms in total. The van der Waals surface area contributed by atoms with Crippen LogP contribution >= 0.6 is 0 Å². The molecule has 1 aromatic heterocycles. The lowest BCUT2D eigenvalue weighted by molar-refractivity contribution is -0.138. The molecule has 1 atom stereocenters. The summed E-state index contributed by atoms with van der Waals surface area (Å²) in [5.74, 6) is 0.211. The molecule has 0 bridgehead atoms. The second kappa shape index (κ2) is 7.69. The SMILES string of the molecule is Cc1cc(OC2CCN(C(=O)Cc3cccc(C(F)(F)F)c3)C2)cc(=O)n1C. The van der Waals surface area contributed by atoms with Gasteiger partial charge in [0.2, 0.25) is 5.91 Å². The highest BCUT2D eigenvalue weighted by atomic mass is 19.4. The first kappa shape index (κ1) is 20.0. The van der Waals surface area contributed by atoms with E-state index in [1.54, 1.807) is 24.9 Å². The molecular formula is C20H21F3N2O3. The Kier molecular flexibility index (Phi) is 5.49. The van der Waals surface area contributed by atoms with Gasteiger partial charge < -0.3 is 14.2 Å². The lowest BCUT2D eigenvalue weighted by Gasteiger charge is -2.18. The van der Waals surface area contributed by atoms with Crippen molar-refractivity contribution in [2.75, 3.05) is 13.1 Å². The summed E-state index contributed by atoms with van der Waals surface area (Å²) in [4.78, 5) is 25.9. The second-order valence-electron chi connectivity index (χ2n) is 6.97. The third kappa shape index (κ3) is 4.55. The van der Waals surface area contributed by atoms with E-state index >= 15 is 0 Å². The van der Waals surface area contributed by atoms with Gasteiger partial charge in [-0.25, -0.2) is 0 Å². The van der Waals surface area contributed by atoms with Crippen LogP contribution in [0.2, 0.25) is 0 Å². The van der Waals surface area contributed by atoms with E-state index in [9.17, 15) is 22.8 Å². The third-order valence-electron chi connectivity index (χ3n) is 4.89. The molecule has 150 valence electrons. The van der Waals surface area contributed by atoms with Gasteiger partial charge in [-0.05, 0) is 24.6 Å². The lowest BCUT2D eigenvalue weighted by atomic mass is 10.1. The number of halogens is 3. The summed E-state index contributed by atoms with van der Waals surface area (Å²) >= 11 is 0. The minimum atomic E-state index is -4.43. The van der Waals surface area contributed by atoms with Crippen LogP contribution in [0.1, 0.15) is 23.2 Å². The maximum atomic E-state index is 12.8. The molecule has 0 N–H and O–H groups in total. The van der Waals surface area contributed by atoms with Crippen LogP contribution in [-0.2, 0) is 24.4 Å². The quantitative estimate of drug-likeness (QED) is 0.801. The fourth-order valence-electron chi connectivity index (χ4n) is 3.19. The molecule has 0 radical (unpaired) electrons. The van der Waals surface area contributed by atoms with Crippen molar-refractivity contribution < 1.29 is 22.7 Å². The van der Waals surface area contributed by atoms with Crippen LogP contribution in [0.15, 0.2) is 41.2 Å². The van der Waals surface area contributed by atoms with Crippen LogP contribution in [0.3, 0.4) is 0 Å². The Labute approximate surface area is 160 Å². The van der Waals surface area contributed by atoms with Crippen LogP contribution in [0.5, 0.6) is 5.75 Å². The Hall–Kier alpha value is -2.77. The zero-order valence-electron chi connectivity index (χ0n) is 15.6. The summed E-state index contributed by atoms with van der Waals surface area (Å²) in [7, 11) is 1.67. The predicted molar refractivity (Wildman–Crippen MR) is 97.2 cm³/mol. The molecule has 8 heteroatoms. The van der Waals surface area contributed by atoms with Crippen molar-refractivity contribution in [2.24, 2.45) is 7.05 Å². The van der Waals surface area contributed by atoms with Gasteiger partial charge in [0.25, 0.3) is 5.56 Å². The summed E-state index contributed by atoms with van der Waals surface area (Å²) in [6.07, 6.45) is -4.18. The number of pyridine rings is 1. The number of hydrogen-bond acceptors (Lipinski definition) is 3. The van der Waals surface area contributed by atoms with E-state index < -0.39 is 11.7 Å². The molecule has 3 rings (SSSR count). The molecule has 1 aromatic carbocycles. The average Bonchev–Trinajstić information content (AvgIpc) is 3.08. The van der Waals surface area contributed by atoms with Gasteiger partial charge in [-0.15, -0.1) is 0 Å². The van der Waals surface area contributed by atoms with E-state index in [1.165, 1.54) is 22.8 Å². The number of carbonyl (C=O) groups is 1. The average molecular weight is 394 g/mol. The van der Waals surface area contributed by atoms with Crippen LogP contribution in [0.25, 0.3) is 0 Å². The number of benzene rings is 1. The summed E-state index contributed by atoms with van der Waals surface area (Å²) in [5.41, 5.74) is 0.149. The second-order valence-corrected chi connectivity index (χ2v) is 6.97. The number of nitrogens with zero attached hydrogens (tertiary/aromatic N) is 2. The van der Waals surface area contributed by atoms with Crippen molar-refractivity contribution in [1.82, 2.24) is 9.47 Å². The van der Waals surface area contributed by atoms with Gasteiger partial charge in [0, 0.05) is 31.8 Å². The molecule has 0 spiro atoms. The molecule has 28 heavy (non-hydrogen) atoms. The number of ether oxygens (including phenoxy) is 1. The molecule has 1 aliphatic rings. The summed E-state index contributed by atoms with van der Waals surface area (Å²) in [6, 6.07) is 7.97. The fourth-order valence-corrected chi connectivity index (χ4v) is 3.19. The lowest BCUT2D eigenvalue weighted by Crippen LogP contribution is -2.32. The van der Waals surface area contributed by atoms with Crippen molar-refractivity contribution in [3.8, 4) is 5.75 Å². The first-order chi connectivity index (χ1) is 13.1. The van der Waals surface area contributed by atoms with Gasteiger partial charge >= 0.3 is 6.18 Å². The van der Waals surface area contributed by atoms with E-state index in [0.29, 0.717) is 30.8 Å². The first-order valence-corrected chi connectivity index (χ1v) is 8.92. The van der Waals surface area contributed by atoms with Crippen LogP contribution < -0.4 is 10.3 Å². The normalized spacial score (nSPS) is 17.0. The number of amides is 1. The molecule has 1 aliphatic heterocycles. The molecule has 2 aromatic rings. The molecule has 0 saturated carbocycles. The zero-order valence-corrected chi connectivity index (χ0v) is 15.6. The molecule has 1 unspecified atom stereocenters. The molecular weight excluding hydrogens is 373 g/mol. The van der Waals surface area contributed by atoms with Crippen molar-refractivity contribution in [2.45, 2.75) is 32.0 Å². The maximum absolute atomic E-state index is 12.8. The van der Waals surface area contributed by atoms with E-state index in [4.69, 9.17) is 4.74 Å². The van der Waals surface area contributed by atoms with Crippen molar-refractivity contribution >= 4 is 5.91 Å². The Balaban J connectivity index is 1.61. The Morgan fingerprint density at radius 3 is 2.68 bits per heavy atom. The molecule has 1 saturated heterocycles. The monoisotopic (exact) mass is 394 g/mol. The first-order valence-electron chi connectivity index (χ1n) is 8.92. The van der Waals surface area contributed by atoms with E-state index in [0.717, 1.165) is 17.8 Å². The largest absolute Gasteiger partial charge is 0.488 e. The summed E-state index contributed by atoms with van der Waals surface area (Å²) in [6.45, 7) is 2.60. The highest BCUT2D eigenvalue weighted by Gasteiger charge is 2.31. The van der Waals surface area contributed by atoms with Gasteiger partial charge in [0.15, 0.2) is 0 Å². The molecule has 2 heterocycles. The van der Waals surface area contributed by atoms with Crippen molar-refractivity contribution in [3.05, 3.63) is 63.6 Å². The minimum absolute atomic E-state index is 0.0956. The molecule has 0 aliphatic carbocycles. The Morgan fingerprint density at radius 2 is 2.00 bits per heavy atom. The topological polar surface area (TPSA) is 51.5 Å². The van der Waals surface area contributed by atoms with Gasteiger partial charge in [-0.1, -0.05) is 18.2 Å². The Morgan fingerprint density at radius 1 is 1.25 bits per heavy atom. The van der Waals surface area contributed by atoms with Crippen molar-refractivity contribution in [3.63, 3.8) is 0 Å². The molecule has 1 amide bonds. The number of alkyl halides is 3. The molecule has 1 fully saturated rings. The van der Waals surface area contributed by atoms with E-state index in [-0.39, 0.29) is 24.0 Å². The minimum Gasteiger partial charge on any atom is -0.488 e. The third-order valence-corrected chi connectivity index (χ3v) is 4.89. The smallest absolute Gasteiger partial charge is 0.416 e. The number of aryl methyl sites for hydroxylation is 1. The standard InChI is InChI=1S/C20H21F3N2O3/c1-13-8-17(11-18(26)24(13)2)28-16-6-7-25(12-16)19(27)10-14-4-3-5-15(9-14)20(21,22)23/h3-5,8-9,11,16H,6-7,10,12H2,1-2H3. The van der Waals surface area contributed by atoms with Gasteiger partial charge in [0.05, 0.1) is 18.5 Å². The van der Waals surface area contributed by atoms with Gasteiger partial charge in [-0.3, -0.25) is 9.59 Å². The number of aromatic nitrogens is 1. The van der Waals surface area contributed by atoms with Crippen molar-refractivity contribution in [1.29, 1.82) is 0 Å². The van der Waals surface area contributed by atoms with Crippen LogP contribution in [-0.4, -0.2) is 34.6 Å². The van der Waals surface area contributed by atoms with Gasteiger partial charge in [-0.2, -0.15) is 13.2 Å². The number of rotatable bonds is 4. The number of hydrogen-bond donors (Lipinski definition) is 0. The van der Waals surface area contributed by atoms with Crippen LogP contribution in [0.4, 0.5) is 13.2 Å². The number of carbonyl (C=O) groups excluding carboxylic acids is 1. The number of likely N-dealkylation sites (tertiary alicyclic amines) is 1. The zero-order chi connectivity index (χ0) is 20.5. The van der Waals surface area contributed by atoms with E-state index in [1.807, 2.05) is 0 Å². The Bertz CT molecular complexity index is 937. The predicted octanol–water partition coefficient (Wildman–Crippen LogP) is 2.93. The summed E-state index contributed by atoms with van der Waals surface area (Å²) in [5, 5.41) is 0. The maximum Gasteiger partial charge on any atom is 0.416 e. The summed E-state index contributed by atoms with van der Waals surface area (Å²) < 4.78 is 45.8. The fraction of sp³-hybridized carbons (Fsp3) is 0.400.